The lowest BCUT2D eigenvalue weighted by Gasteiger charge is -2.42. The molecule has 2 aliphatic heterocycles. The van der Waals surface area contributed by atoms with Crippen molar-refractivity contribution in [2.24, 2.45) is 16.3 Å². The van der Waals surface area contributed by atoms with E-state index in [0.29, 0.717) is 5.92 Å². The molecule has 2 unspecified atom stereocenters. The number of rotatable bonds is 1. The molecule has 0 aliphatic carbocycles. The van der Waals surface area contributed by atoms with E-state index in [4.69, 9.17) is 4.99 Å². The van der Waals surface area contributed by atoms with Crippen molar-refractivity contribution in [2.45, 2.75) is 39.7 Å². The van der Waals surface area contributed by atoms with Crippen LogP contribution in [0.25, 0.3) is 5.57 Å². The summed E-state index contributed by atoms with van der Waals surface area (Å²) >= 11 is 0. The van der Waals surface area contributed by atoms with E-state index in [1.807, 2.05) is 22.8 Å². The first-order valence-corrected chi connectivity index (χ1v) is 9.41. The molecule has 3 heterocycles. The van der Waals surface area contributed by atoms with Gasteiger partial charge in [0, 0.05) is 35.8 Å². The van der Waals surface area contributed by atoms with Crippen molar-refractivity contribution >= 4 is 11.5 Å². The Balaban J connectivity index is 2.13. The summed E-state index contributed by atoms with van der Waals surface area (Å²) in [5.74, 6) is -0.872. The molecule has 0 spiro atoms. The van der Waals surface area contributed by atoms with Gasteiger partial charge in [0.15, 0.2) is 5.43 Å². The highest BCUT2D eigenvalue weighted by Gasteiger charge is 2.37. The molecule has 1 aromatic carbocycles. The molecule has 27 heavy (non-hydrogen) atoms. The van der Waals surface area contributed by atoms with Gasteiger partial charge in [-0.3, -0.25) is 9.79 Å². The van der Waals surface area contributed by atoms with Crippen LogP contribution in [0.3, 0.4) is 0 Å². The molecule has 0 amide bonds. The lowest BCUT2D eigenvalue weighted by molar-refractivity contribution is 0.0693. The number of fused-ring (bicyclic) bond motifs is 4. The molecular formula is C22H24N2O3. The van der Waals surface area contributed by atoms with Gasteiger partial charge in [0.1, 0.15) is 5.56 Å². The van der Waals surface area contributed by atoms with Gasteiger partial charge in [0.25, 0.3) is 0 Å². The van der Waals surface area contributed by atoms with E-state index in [1.165, 1.54) is 6.07 Å². The van der Waals surface area contributed by atoms with E-state index in [2.05, 4.69) is 26.8 Å². The molecule has 0 saturated carbocycles. The number of carbonyl (C=O) groups is 1. The Hall–Kier alpha value is -2.69. The van der Waals surface area contributed by atoms with Gasteiger partial charge in [0.2, 0.25) is 0 Å². The third-order valence-electron chi connectivity index (χ3n) is 5.79. The quantitative estimate of drug-likeness (QED) is 0.844. The van der Waals surface area contributed by atoms with E-state index < -0.39 is 11.4 Å². The number of carboxylic acids is 1. The maximum Gasteiger partial charge on any atom is 0.341 e. The third kappa shape index (κ3) is 2.91. The van der Waals surface area contributed by atoms with Crippen molar-refractivity contribution in [2.75, 3.05) is 6.54 Å². The van der Waals surface area contributed by atoms with Crippen molar-refractivity contribution < 1.29 is 9.90 Å². The minimum absolute atomic E-state index is 0.0614. The van der Waals surface area contributed by atoms with E-state index in [-0.39, 0.29) is 17.0 Å². The van der Waals surface area contributed by atoms with Crippen molar-refractivity contribution in [1.29, 1.82) is 0 Å². The van der Waals surface area contributed by atoms with Gasteiger partial charge in [-0.25, -0.2) is 4.79 Å². The first-order valence-electron chi connectivity index (χ1n) is 9.41. The van der Waals surface area contributed by atoms with Gasteiger partial charge in [-0.1, -0.05) is 39.0 Å². The van der Waals surface area contributed by atoms with Gasteiger partial charge in [-0.2, -0.15) is 0 Å². The molecule has 0 radical (unpaired) electrons. The summed E-state index contributed by atoms with van der Waals surface area (Å²) in [4.78, 5) is 28.8. The molecule has 4 rings (SSSR count). The Morgan fingerprint density at radius 1 is 1.26 bits per heavy atom. The Bertz CT molecular complexity index is 1110. The Morgan fingerprint density at radius 2 is 2.00 bits per heavy atom. The highest BCUT2D eigenvalue weighted by Crippen LogP contribution is 2.45. The maximum absolute atomic E-state index is 12.5. The normalized spacial score (nSPS) is 21.4. The smallest absolute Gasteiger partial charge is 0.341 e. The second-order valence-electron chi connectivity index (χ2n) is 8.56. The Morgan fingerprint density at radius 3 is 2.70 bits per heavy atom. The van der Waals surface area contributed by atoms with E-state index >= 15 is 0 Å². The maximum atomic E-state index is 12.5. The van der Waals surface area contributed by atoms with Gasteiger partial charge in [0.05, 0.1) is 5.36 Å². The molecule has 5 heteroatoms. The van der Waals surface area contributed by atoms with Crippen LogP contribution in [-0.4, -0.2) is 22.2 Å². The lowest BCUT2D eigenvalue weighted by Crippen LogP contribution is -2.38. The average molecular weight is 364 g/mol. The first kappa shape index (κ1) is 17.7. The molecule has 2 atom stereocenters. The highest BCUT2D eigenvalue weighted by molar-refractivity contribution is 5.87. The number of pyridine rings is 1. The number of aromatic carboxylic acids is 1. The van der Waals surface area contributed by atoms with Crippen LogP contribution >= 0.6 is 0 Å². The molecule has 2 aromatic rings. The number of carboxylic acid groups (broad SMARTS) is 1. The zero-order valence-electron chi connectivity index (χ0n) is 15.9. The number of hydrogen-bond acceptors (Lipinski definition) is 3. The lowest BCUT2D eigenvalue weighted by atomic mass is 9.74. The van der Waals surface area contributed by atoms with E-state index in [9.17, 15) is 14.7 Å². The molecule has 1 N–H and O–H groups in total. The second kappa shape index (κ2) is 6.19. The van der Waals surface area contributed by atoms with Crippen molar-refractivity contribution in [3.8, 4) is 0 Å². The van der Waals surface area contributed by atoms with Gasteiger partial charge in [-0.05, 0) is 35.8 Å². The number of nitrogens with zero attached hydrogens (tertiary/aromatic N) is 2. The minimum Gasteiger partial charge on any atom is -0.477 e. The number of benzene rings is 1. The van der Waals surface area contributed by atoms with E-state index in [0.717, 1.165) is 41.2 Å². The van der Waals surface area contributed by atoms with Crippen LogP contribution in [0.2, 0.25) is 0 Å². The predicted molar refractivity (Wildman–Crippen MR) is 103 cm³/mol. The van der Waals surface area contributed by atoms with Gasteiger partial charge < -0.3 is 9.67 Å². The first-order chi connectivity index (χ1) is 12.8. The molecule has 5 nitrogen and oxygen atoms in total. The van der Waals surface area contributed by atoms with Gasteiger partial charge in [-0.15, -0.1) is 0 Å². The fraction of sp³-hybridized carbons (Fsp3) is 0.409. The summed E-state index contributed by atoms with van der Waals surface area (Å²) in [6, 6.07) is 9.67. The Labute approximate surface area is 157 Å². The molecular weight excluding hydrogens is 340 g/mol. The second-order valence-corrected chi connectivity index (χ2v) is 8.56. The number of aromatic nitrogens is 1. The SMILES string of the molecule is CC(C)(C)C1CC2CCN=c3ccccc3=C2c2cc(=O)c(C(=O)O)cn21. The van der Waals surface area contributed by atoms with Crippen LogP contribution in [0.4, 0.5) is 0 Å². The number of para-hydroxylation sites is 1. The molecule has 0 bridgehead atoms. The number of hydrogen-bond donors (Lipinski definition) is 1. The third-order valence-corrected chi connectivity index (χ3v) is 5.79. The van der Waals surface area contributed by atoms with Crippen LogP contribution < -0.4 is 16.0 Å². The standard InChI is InChI=1S/C22H24N2O3/c1-22(2,3)19-10-13-8-9-23-16-7-5-4-6-14(16)20(13)17-11-18(25)15(21(26)27)12-24(17)19/h4-7,11-13,19H,8-10H2,1-3H3,(H,26,27). The summed E-state index contributed by atoms with van der Waals surface area (Å²) < 4.78 is 2.03. The molecule has 0 saturated heterocycles. The highest BCUT2D eigenvalue weighted by atomic mass is 16.4. The summed E-state index contributed by atoms with van der Waals surface area (Å²) in [5, 5.41) is 11.5. The fourth-order valence-electron chi connectivity index (χ4n) is 4.47. The zero-order valence-corrected chi connectivity index (χ0v) is 15.9. The monoisotopic (exact) mass is 364 g/mol. The minimum atomic E-state index is -1.17. The summed E-state index contributed by atoms with van der Waals surface area (Å²) in [6.07, 6.45) is 3.40. The summed E-state index contributed by atoms with van der Waals surface area (Å²) in [5.41, 5.74) is 1.30. The summed E-state index contributed by atoms with van der Waals surface area (Å²) in [7, 11) is 0. The molecule has 140 valence electrons. The van der Waals surface area contributed by atoms with Crippen LogP contribution in [-0.2, 0) is 0 Å². The van der Waals surface area contributed by atoms with Crippen molar-refractivity contribution in [3.05, 3.63) is 68.6 Å². The van der Waals surface area contributed by atoms with Crippen molar-refractivity contribution in [1.82, 2.24) is 4.57 Å². The average Bonchev–Trinajstić information content (AvgIpc) is 2.78. The van der Waals surface area contributed by atoms with Crippen LogP contribution in [0, 0.1) is 11.3 Å². The Kier molecular flexibility index (Phi) is 4.06. The molecule has 0 fully saturated rings. The van der Waals surface area contributed by atoms with Crippen LogP contribution in [0.15, 0.2) is 46.3 Å². The van der Waals surface area contributed by atoms with Crippen molar-refractivity contribution in [3.63, 3.8) is 0 Å². The fourth-order valence-corrected chi connectivity index (χ4v) is 4.47. The largest absolute Gasteiger partial charge is 0.477 e. The topological polar surface area (TPSA) is 71.7 Å². The zero-order chi connectivity index (χ0) is 19.3. The summed E-state index contributed by atoms with van der Waals surface area (Å²) in [6.45, 7) is 7.26. The van der Waals surface area contributed by atoms with Gasteiger partial charge >= 0.3 is 5.97 Å². The predicted octanol–water partition coefficient (Wildman–Crippen LogP) is 2.38. The van der Waals surface area contributed by atoms with E-state index in [1.54, 1.807) is 6.20 Å². The van der Waals surface area contributed by atoms with Crippen LogP contribution in [0.1, 0.15) is 55.7 Å². The van der Waals surface area contributed by atoms with Crippen LogP contribution in [0.5, 0.6) is 0 Å². The molecule has 1 aromatic heterocycles. The molecule has 2 aliphatic rings.